The Morgan fingerprint density at radius 1 is 0.340 bits per heavy atom. The van der Waals surface area contributed by atoms with Gasteiger partial charge >= 0.3 is 6.09 Å². The van der Waals surface area contributed by atoms with Crippen LogP contribution in [0.15, 0.2) is 414 Å². The molecular weight excluding hydrogens is 1430 g/mol. The Labute approximate surface area is 626 Å². The van der Waals surface area contributed by atoms with Crippen molar-refractivity contribution in [2.24, 2.45) is 5.73 Å². The number of aromatic nitrogens is 4. The van der Waals surface area contributed by atoms with Gasteiger partial charge in [-0.2, -0.15) is 0 Å². The van der Waals surface area contributed by atoms with Gasteiger partial charge in [0.1, 0.15) is 6.61 Å². The number of alkyl carbamates (subject to hydrolysis) is 1. The van der Waals surface area contributed by atoms with Crippen LogP contribution in [0.4, 0.5) is 4.79 Å². The molecule has 13 heteroatoms. The summed E-state index contributed by atoms with van der Waals surface area (Å²) in [5.41, 5.74) is 7.07. The molecule has 0 aliphatic heterocycles. The molecule has 0 unspecified atom stereocenters. The van der Waals surface area contributed by atoms with Gasteiger partial charge in [0.25, 0.3) is 0 Å². The van der Waals surface area contributed by atoms with Crippen LogP contribution in [-0.2, 0) is 36.2 Å². The van der Waals surface area contributed by atoms with Crippen molar-refractivity contribution in [2.45, 2.75) is 36.8 Å². The van der Waals surface area contributed by atoms with Crippen LogP contribution in [0.25, 0.3) is 0 Å². The number of benzene rings is 12. The third-order valence-corrected chi connectivity index (χ3v) is 26.3. The van der Waals surface area contributed by atoms with E-state index >= 15 is 0 Å². The van der Waals surface area contributed by atoms with E-state index in [1.807, 2.05) is 0 Å². The van der Waals surface area contributed by atoms with E-state index in [4.69, 9.17) is 10.5 Å². The molecule has 0 atom stereocenters. The van der Waals surface area contributed by atoms with E-state index in [9.17, 15) is 4.79 Å². The van der Waals surface area contributed by atoms with Crippen molar-refractivity contribution in [2.75, 3.05) is 6.61 Å². The maximum Gasteiger partial charge on any atom is 0.408 e. The second-order valence-electron chi connectivity index (χ2n) is 23.8. The summed E-state index contributed by atoms with van der Waals surface area (Å²) in [5.74, 6) is 0. The number of nitrogens with zero attached hydrogens (tertiary/aromatic N) is 4. The molecule has 2 aliphatic carbocycles. The fraction of sp³-hybridized carbons (Fsp3) is 0.0778. The summed E-state index contributed by atoms with van der Waals surface area (Å²) in [6.45, 7) is 3.69. The van der Waals surface area contributed by atoms with Crippen LogP contribution in [0, 0.1) is 0 Å². The van der Waals surface area contributed by atoms with Gasteiger partial charge in [0, 0.05) is 45.2 Å². The van der Waals surface area contributed by atoms with Gasteiger partial charge in [0.15, 0.2) is 0 Å². The molecule has 0 radical (unpaired) electrons. The van der Waals surface area contributed by atoms with Gasteiger partial charge in [-0.05, 0) is 121 Å². The number of amides is 1. The predicted octanol–water partition coefficient (Wildman–Crippen LogP) is 15.6. The molecule has 2 fully saturated rings. The van der Waals surface area contributed by atoms with Crippen LogP contribution in [-0.4, -0.2) is 32.6 Å². The summed E-state index contributed by atoms with van der Waals surface area (Å²) in [4.78, 5) is 27.7. The van der Waals surface area contributed by atoms with E-state index in [0.717, 1.165) is 37.1 Å². The average Bonchev–Trinajstić information content (AvgIpc) is 1.63. The van der Waals surface area contributed by atoms with Crippen molar-refractivity contribution in [3.8, 4) is 0 Å². The number of rotatable bonds is 17. The number of nitrogens with two attached hydrogens (primary N) is 1. The smallest absolute Gasteiger partial charge is 0.408 e. The molecule has 2 heterocycles. The molecule has 103 heavy (non-hydrogen) atoms. The maximum atomic E-state index is 11.4. The van der Waals surface area contributed by atoms with Crippen molar-refractivity contribution in [1.29, 1.82) is 0 Å². The zero-order valence-electron chi connectivity index (χ0n) is 57.2. The fourth-order valence-electron chi connectivity index (χ4n) is 11.1. The van der Waals surface area contributed by atoms with Crippen molar-refractivity contribution in [3.63, 3.8) is 0 Å². The van der Waals surface area contributed by atoms with Gasteiger partial charge in [0.05, 0.1) is 34.9 Å². The topological polar surface area (TPSA) is 116 Å². The minimum Gasteiger partial charge on any atom is -0.445 e. The number of nitrogens with one attached hydrogen (secondary N) is 1. The average molecular weight is 1510 g/mol. The van der Waals surface area contributed by atoms with E-state index in [-0.39, 0.29) is 38.1 Å². The fourth-order valence-corrected chi connectivity index (χ4v) is 20.4. The van der Waals surface area contributed by atoms with Crippen molar-refractivity contribution in [3.05, 3.63) is 425 Å². The summed E-state index contributed by atoms with van der Waals surface area (Å²) in [6, 6.07) is 129. The first-order valence-corrected chi connectivity index (χ1v) is 39.4. The molecule has 0 saturated heterocycles. The van der Waals surface area contributed by atoms with E-state index in [0.29, 0.717) is 0 Å². The van der Waals surface area contributed by atoms with Gasteiger partial charge < -0.3 is 15.8 Å². The Kier molecular flexibility index (Phi) is 30.0. The van der Waals surface area contributed by atoms with Gasteiger partial charge in [-0.25, -0.2) is 4.79 Å². The molecule has 3 N–H and O–H groups in total. The molecular formula is C90H82N6O2P4Pd. The molecule has 1 amide bonds. The molecule has 8 nitrogen and oxygen atoms in total. The molecule has 0 spiro atoms. The zero-order valence-corrected chi connectivity index (χ0v) is 62.3. The van der Waals surface area contributed by atoms with Crippen LogP contribution < -0.4 is 74.7 Å². The van der Waals surface area contributed by atoms with Crippen molar-refractivity contribution >= 4 is 101 Å². The van der Waals surface area contributed by atoms with Crippen LogP contribution in [0.3, 0.4) is 0 Å². The summed E-state index contributed by atoms with van der Waals surface area (Å²) in [7, 11) is -1.78. The van der Waals surface area contributed by atoms with E-state index in [1.54, 1.807) is 37.2 Å². The van der Waals surface area contributed by atoms with Gasteiger partial charge in [-0.3, -0.25) is 19.9 Å². The summed E-state index contributed by atoms with van der Waals surface area (Å²) in [6.07, 6.45) is 14.9. The van der Waals surface area contributed by atoms with Crippen molar-refractivity contribution in [1.82, 2.24) is 25.3 Å². The zero-order chi connectivity index (χ0) is 70.1. The summed E-state index contributed by atoms with van der Waals surface area (Å²) in [5, 5.41) is 19.6. The van der Waals surface area contributed by atoms with Crippen molar-refractivity contribution < 1.29 is 30.0 Å². The molecule has 514 valence electrons. The Balaban J connectivity index is 0.000000134. The second-order valence-corrected chi connectivity index (χ2v) is 32.7. The largest absolute Gasteiger partial charge is 0.445 e. The third kappa shape index (κ3) is 22.8. The van der Waals surface area contributed by atoms with Gasteiger partial charge in [0.2, 0.25) is 0 Å². The number of carbonyl (C=O) groups is 1. The quantitative estimate of drug-likeness (QED) is 0.0530. The van der Waals surface area contributed by atoms with Gasteiger partial charge in [-0.15, -0.1) is 0 Å². The van der Waals surface area contributed by atoms with Crippen LogP contribution >= 0.6 is 31.7 Å². The van der Waals surface area contributed by atoms with E-state index in [1.165, 1.54) is 69.7 Å². The van der Waals surface area contributed by atoms with Crippen LogP contribution in [0.5, 0.6) is 0 Å². The number of carbonyl (C=O) groups excluding carboxylic acids is 1. The maximum absolute atomic E-state index is 11.4. The molecule has 16 rings (SSSR count). The summed E-state index contributed by atoms with van der Waals surface area (Å²) < 4.78 is 4.87. The Bertz CT molecular complexity index is 3800. The first-order valence-electron chi connectivity index (χ1n) is 34.1. The Hall–Kier alpha value is -9.85. The molecule has 2 saturated carbocycles. The van der Waals surface area contributed by atoms with Crippen LogP contribution in [0.2, 0.25) is 0 Å². The molecule has 14 aromatic rings. The van der Waals surface area contributed by atoms with Gasteiger partial charge in [-0.1, -0.05) is 377 Å². The summed E-state index contributed by atoms with van der Waals surface area (Å²) >= 11 is 0. The minimum absolute atomic E-state index is 0. The number of ether oxygens (including phenoxy) is 1. The first kappa shape index (κ1) is 75.8. The van der Waals surface area contributed by atoms with E-state index in [2.05, 4.69) is 396 Å². The molecule has 2 aromatic heterocycles. The standard InChI is InChI=1S/4C18H15P.C11H13N3O2.C7H9N3.Pd/c4*1-4-10-16(11-5-1)19(17-12-6-2-7-13-17)18-14-8-3-9-15-18;1-2-7-16-10(15)14-11(3-4-11)9-8-12-5-6-13-9;8-7(1-2-7)6-5-9-3-4-10-6;/h4*1-15H;2,5-6,8H,1,3-4,7H2,(H,14,15);3-5H,1-2,8H2;. The minimum atomic E-state index is -0.446. The number of hydrogen-bond acceptors (Lipinski definition) is 7. The normalized spacial score (nSPS) is 12.3. The van der Waals surface area contributed by atoms with Crippen LogP contribution in [0.1, 0.15) is 37.1 Å². The Morgan fingerprint density at radius 3 is 0.709 bits per heavy atom. The molecule has 2 aliphatic rings. The monoisotopic (exact) mass is 1510 g/mol. The molecule has 0 bridgehead atoms. The predicted molar refractivity (Wildman–Crippen MR) is 435 cm³/mol. The SMILES string of the molecule is C=CCOC(=O)NC1(c2cnccn2)CC1.NC1(c2cnccn2)CC1.[Pd].c1ccc(P(c2ccccc2)c2ccccc2)cc1.c1ccc(P(c2ccccc2)c2ccccc2)cc1.c1ccc(P(c2ccccc2)c2ccccc2)cc1.c1ccc(P(c2ccccc2)c2ccccc2)cc1. The Morgan fingerprint density at radius 2 is 0.544 bits per heavy atom. The number of hydrogen-bond donors (Lipinski definition) is 2. The molecule has 12 aromatic carbocycles. The third-order valence-electron chi connectivity index (χ3n) is 16.5. The second kappa shape index (κ2) is 40.7. The van der Waals surface area contributed by atoms with E-state index < -0.39 is 37.8 Å². The first-order chi connectivity index (χ1) is 50.4.